The molecule has 30 heavy (non-hydrogen) atoms. The molecule has 2 heterocycles. The van der Waals surface area contributed by atoms with E-state index in [-0.39, 0.29) is 33.2 Å². The van der Waals surface area contributed by atoms with Gasteiger partial charge in [0.25, 0.3) is 11.1 Å². The molecular formula is C20H18Cl2N4O4. The van der Waals surface area contributed by atoms with Gasteiger partial charge in [0.05, 0.1) is 15.7 Å². The van der Waals surface area contributed by atoms with Crippen LogP contribution in [0.4, 0.5) is 0 Å². The van der Waals surface area contributed by atoms with Crippen molar-refractivity contribution in [1.29, 1.82) is 0 Å². The Bertz CT molecular complexity index is 1300. The van der Waals surface area contributed by atoms with Crippen LogP contribution in [-0.4, -0.2) is 19.7 Å². The highest BCUT2D eigenvalue weighted by atomic mass is 35.5. The second-order valence-corrected chi connectivity index (χ2v) is 8.14. The van der Waals surface area contributed by atoms with Gasteiger partial charge in [0.15, 0.2) is 5.75 Å². The molecule has 0 aliphatic heterocycles. The van der Waals surface area contributed by atoms with Crippen molar-refractivity contribution in [3.8, 4) is 17.3 Å². The van der Waals surface area contributed by atoms with E-state index in [0.29, 0.717) is 23.2 Å². The number of nitrogens with one attached hydrogen (secondary N) is 2. The van der Waals surface area contributed by atoms with Gasteiger partial charge < -0.3 is 4.74 Å². The smallest absolute Gasteiger partial charge is 0.332 e. The van der Waals surface area contributed by atoms with Crippen molar-refractivity contribution in [2.24, 2.45) is 0 Å². The first-order valence-corrected chi connectivity index (χ1v) is 10.1. The topological polar surface area (TPSA) is 110 Å². The molecule has 3 aromatic rings. The first kappa shape index (κ1) is 20.4. The van der Waals surface area contributed by atoms with Crippen molar-refractivity contribution in [3.05, 3.63) is 76.3 Å². The molecule has 2 aromatic heterocycles. The maximum Gasteiger partial charge on any atom is 0.332 e. The van der Waals surface area contributed by atoms with Crippen LogP contribution in [0, 0.1) is 6.92 Å². The SMILES string of the molecule is Cc1cn(-c2cc(Cl)c(Oc3n[nH]c(=O)c4c3CCCC4C)c(Cl)c2)c(=O)[nH]c1=O. The highest BCUT2D eigenvalue weighted by Gasteiger charge is 2.25. The van der Waals surface area contributed by atoms with Crippen LogP contribution in [-0.2, 0) is 6.42 Å². The minimum Gasteiger partial charge on any atom is -0.434 e. The van der Waals surface area contributed by atoms with E-state index in [2.05, 4.69) is 15.2 Å². The average molecular weight is 449 g/mol. The third-order valence-corrected chi connectivity index (χ3v) is 5.79. The third kappa shape index (κ3) is 3.57. The Kier molecular flexibility index (Phi) is 5.29. The Hall–Kier alpha value is -2.84. The molecule has 0 saturated carbocycles. The Morgan fingerprint density at radius 1 is 1.17 bits per heavy atom. The van der Waals surface area contributed by atoms with E-state index in [9.17, 15) is 14.4 Å². The zero-order valence-electron chi connectivity index (χ0n) is 16.2. The van der Waals surface area contributed by atoms with Gasteiger partial charge in [0.2, 0.25) is 5.88 Å². The zero-order chi connectivity index (χ0) is 21.6. The van der Waals surface area contributed by atoms with Crippen LogP contribution in [0.1, 0.15) is 42.4 Å². The van der Waals surface area contributed by atoms with Crippen LogP contribution in [0.25, 0.3) is 5.69 Å². The van der Waals surface area contributed by atoms with Gasteiger partial charge in [-0.05, 0) is 44.2 Å². The van der Waals surface area contributed by atoms with Crippen LogP contribution < -0.4 is 21.5 Å². The molecule has 1 atom stereocenters. The molecule has 0 amide bonds. The summed E-state index contributed by atoms with van der Waals surface area (Å²) in [6, 6.07) is 3.01. The second kappa shape index (κ2) is 7.77. The molecule has 2 N–H and O–H groups in total. The van der Waals surface area contributed by atoms with Crippen molar-refractivity contribution in [2.75, 3.05) is 0 Å². The molecule has 1 aromatic carbocycles. The fourth-order valence-electron chi connectivity index (χ4n) is 3.70. The number of benzene rings is 1. The third-order valence-electron chi connectivity index (χ3n) is 5.22. The first-order valence-electron chi connectivity index (χ1n) is 9.37. The number of aryl methyl sites for hydroxylation is 1. The number of fused-ring (bicyclic) bond motifs is 1. The number of aromatic nitrogens is 4. The van der Waals surface area contributed by atoms with Crippen LogP contribution >= 0.6 is 23.2 Å². The molecule has 0 fully saturated rings. The molecule has 0 spiro atoms. The molecule has 1 unspecified atom stereocenters. The molecule has 156 valence electrons. The number of rotatable bonds is 3. The number of hydrogen-bond acceptors (Lipinski definition) is 5. The first-order chi connectivity index (χ1) is 14.3. The van der Waals surface area contributed by atoms with Gasteiger partial charge >= 0.3 is 5.69 Å². The zero-order valence-corrected chi connectivity index (χ0v) is 17.7. The van der Waals surface area contributed by atoms with Crippen molar-refractivity contribution in [1.82, 2.24) is 19.7 Å². The summed E-state index contributed by atoms with van der Waals surface area (Å²) in [7, 11) is 0. The lowest BCUT2D eigenvalue weighted by molar-refractivity contribution is 0.435. The van der Waals surface area contributed by atoms with Crippen LogP contribution in [0.3, 0.4) is 0 Å². The maximum atomic E-state index is 12.2. The maximum absolute atomic E-state index is 12.2. The molecular weight excluding hydrogens is 431 g/mol. The predicted molar refractivity (Wildman–Crippen MR) is 114 cm³/mol. The van der Waals surface area contributed by atoms with E-state index in [0.717, 1.165) is 18.4 Å². The lowest BCUT2D eigenvalue weighted by Crippen LogP contribution is -2.29. The van der Waals surface area contributed by atoms with Gasteiger partial charge in [0, 0.05) is 22.9 Å². The normalized spacial score (nSPS) is 15.7. The number of ether oxygens (including phenoxy) is 1. The molecule has 10 heteroatoms. The van der Waals surface area contributed by atoms with Gasteiger partial charge in [-0.2, -0.15) is 0 Å². The Morgan fingerprint density at radius 2 is 1.87 bits per heavy atom. The molecule has 0 saturated heterocycles. The van der Waals surface area contributed by atoms with Crippen LogP contribution in [0.15, 0.2) is 32.7 Å². The summed E-state index contributed by atoms with van der Waals surface area (Å²) in [4.78, 5) is 38.2. The summed E-state index contributed by atoms with van der Waals surface area (Å²) in [5.74, 6) is 0.521. The highest BCUT2D eigenvalue weighted by molar-refractivity contribution is 6.37. The minimum absolute atomic E-state index is 0.103. The molecule has 0 radical (unpaired) electrons. The lowest BCUT2D eigenvalue weighted by Gasteiger charge is -2.22. The number of hydrogen-bond donors (Lipinski definition) is 2. The highest BCUT2D eigenvalue weighted by Crippen LogP contribution is 2.40. The van der Waals surface area contributed by atoms with E-state index in [1.54, 1.807) is 6.92 Å². The van der Waals surface area contributed by atoms with Crippen LogP contribution in [0.5, 0.6) is 11.6 Å². The quantitative estimate of drug-likeness (QED) is 0.637. The van der Waals surface area contributed by atoms with E-state index in [1.165, 1.54) is 22.9 Å². The van der Waals surface area contributed by atoms with E-state index >= 15 is 0 Å². The Labute approximate surface area is 180 Å². The Balaban J connectivity index is 1.77. The number of H-pyrrole nitrogens is 2. The predicted octanol–water partition coefficient (Wildman–Crippen LogP) is 3.46. The standard InChI is InChI=1S/C20H18Cl2N4O4/c1-9-4-3-5-12-15(9)18(28)24-25-19(12)30-16-13(21)6-11(7-14(16)22)26-8-10(2)17(27)23-20(26)29/h6-9H,3-5H2,1-2H3,(H,24,28)(H,23,27,29). The average Bonchev–Trinajstić information content (AvgIpc) is 2.69. The summed E-state index contributed by atoms with van der Waals surface area (Å²) < 4.78 is 7.15. The summed E-state index contributed by atoms with van der Waals surface area (Å²) in [5, 5.41) is 6.83. The second-order valence-electron chi connectivity index (χ2n) is 7.33. The van der Waals surface area contributed by atoms with Crippen molar-refractivity contribution >= 4 is 23.2 Å². The summed E-state index contributed by atoms with van der Waals surface area (Å²) in [5.41, 5.74) is 0.858. The van der Waals surface area contributed by atoms with Crippen molar-refractivity contribution in [3.63, 3.8) is 0 Å². The van der Waals surface area contributed by atoms with Gasteiger partial charge in [-0.15, -0.1) is 5.10 Å². The minimum atomic E-state index is -0.614. The lowest BCUT2D eigenvalue weighted by atomic mass is 9.85. The molecule has 1 aliphatic carbocycles. The number of aromatic amines is 2. The molecule has 8 nitrogen and oxygen atoms in total. The fourth-order valence-corrected chi connectivity index (χ4v) is 4.25. The molecule has 1 aliphatic rings. The van der Waals surface area contributed by atoms with Gasteiger partial charge in [0.1, 0.15) is 0 Å². The summed E-state index contributed by atoms with van der Waals surface area (Å²) in [6.45, 7) is 3.58. The van der Waals surface area contributed by atoms with Gasteiger partial charge in [-0.3, -0.25) is 19.1 Å². The van der Waals surface area contributed by atoms with Crippen LogP contribution in [0.2, 0.25) is 10.0 Å². The van der Waals surface area contributed by atoms with Gasteiger partial charge in [-0.25, -0.2) is 9.89 Å². The van der Waals surface area contributed by atoms with Crippen molar-refractivity contribution in [2.45, 2.75) is 39.0 Å². The molecule has 0 bridgehead atoms. The summed E-state index contributed by atoms with van der Waals surface area (Å²) >= 11 is 12.8. The Morgan fingerprint density at radius 3 is 2.57 bits per heavy atom. The van der Waals surface area contributed by atoms with E-state index < -0.39 is 11.2 Å². The van der Waals surface area contributed by atoms with E-state index in [1.807, 2.05) is 6.92 Å². The largest absolute Gasteiger partial charge is 0.434 e. The number of nitrogens with zero attached hydrogens (tertiary/aromatic N) is 2. The van der Waals surface area contributed by atoms with E-state index in [4.69, 9.17) is 27.9 Å². The molecule has 4 rings (SSSR count). The fraction of sp³-hybridized carbons (Fsp3) is 0.300. The summed E-state index contributed by atoms with van der Waals surface area (Å²) in [6.07, 6.45) is 3.92. The van der Waals surface area contributed by atoms with Crippen molar-refractivity contribution < 1.29 is 4.74 Å². The number of halogens is 2. The monoisotopic (exact) mass is 448 g/mol. The van der Waals surface area contributed by atoms with Gasteiger partial charge in [-0.1, -0.05) is 30.1 Å².